The van der Waals surface area contributed by atoms with Gasteiger partial charge in [0.15, 0.2) is 5.82 Å². The molecular weight excluding hydrogens is 342 g/mol. The molecule has 10 nitrogen and oxygen atoms in total. The van der Waals surface area contributed by atoms with Gasteiger partial charge in [-0.1, -0.05) is 5.16 Å². The Morgan fingerprint density at radius 2 is 1.88 bits per heavy atom. The second-order valence-electron chi connectivity index (χ2n) is 5.77. The number of nitrogens with zero attached hydrogens (tertiary/aromatic N) is 4. The number of hydrogen-bond acceptors (Lipinski definition) is 7. The number of rotatable bonds is 8. The number of benzene rings is 1. The number of anilines is 1. The van der Waals surface area contributed by atoms with E-state index in [1.54, 1.807) is 0 Å². The van der Waals surface area contributed by atoms with Crippen LogP contribution in [0.4, 0.5) is 11.5 Å². The number of amides is 2. The summed E-state index contributed by atoms with van der Waals surface area (Å²) in [5.74, 6) is -0.560. The molecule has 0 aliphatic rings. The fourth-order valence-electron chi connectivity index (χ4n) is 2.11. The molecule has 0 bridgehead atoms. The largest absolute Gasteiger partial charge is 0.363 e. The zero-order valence-corrected chi connectivity index (χ0v) is 14.4. The predicted octanol–water partition coefficient (Wildman–Crippen LogP) is 1.23. The van der Waals surface area contributed by atoms with Crippen molar-refractivity contribution in [3.8, 4) is 0 Å². The van der Waals surface area contributed by atoms with E-state index in [1.165, 1.54) is 41.5 Å². The average molecular weight is 361 g/mol. The van der Waals surface area contributed by atoms with E-state index in [2.05, 4.69) is 15.0 Å². The highest BCUT2D eigenvalue weighted by Crippen LogP contribution is 2.14. The first-order valence-corrected chi connectivity index (χ1v) is 7.75. The van der Waals surface area contributed by atoms with Crippen molar-refractivity contribution in [2.75, 3.05) is 39.0 Å². The van der Waals surface area contributed by atoms with Crippen molar-refractivity contribution in [2.45, 2.75) is 0 Å². The highest BCUT2D eigenvalue weighted by Gasteiger charge is 2.20. The molecule has 26 heavy (non-hydrogen) atoms. The van der Waals surface area contributed by atoms with Crippen molar-refractivity contribution in [3.63, 3.8) is 0 Å². The molecule has 2 amide bonds. The minimum atomic E-state index is -0.538. The molecule has 10 heteroatoms. The topological polar surface area (TPSA) is 122 Å². The van der Waals surface area contributed by atoms with Crippen LogP contribution < -0.4 is 5.32 Å². The summed E-state index contributed by atoms with van der Waals surface area (Å²) in [6, 6.07) is 6.75. The normalized spacial score (nSPS) is 10.6. The summed E-state index contributed by atoms with van der Waals surface area (Å²) in [5.41, 5.74) is 0.161. The lowest BCUT2D eigenvalue weighted by Gasteiger charge is -2.23. The number of likely N-dealkylation sites (N-methyl/N-ethyl adjacent to an activating group) is 1. The summed E-state index contributed by atoms with van der Waals surface area (Å²) < 4.78 is 4.64. The fraction of sp³-hybridized carbons (Fsp3) is 0.312. The van der Waals surface area contributed by atoms with E-state index in [0.29, 0.717) is 13.1 Å². The Bertz CT molecular complexity index is 758. The van der Waals surface area contributed by atoms with Crippen LogP contribution in [0.25, 0.3) is 0 Å². The predicted molar refractivity (Wildman–Crippen MR) is 92.7 cm³/mol. The van der Waals surface area contributed by atoms with Crippen molar-refractivity contribution in [1.82, 2.24) is 15.0 Å². The highest BCUT2D eigenvalue weighted by molar-refractivity contribution is 5.99. The molecule has 0 atom stereocenters. The highest BCUT2D eigenvalue weighted by atomic mass is 16.6. The van der Waals surface area contributed by atoms with Gasteiger partial charge < -0.3 is 19.6 Å². The molecule has 138 valence electrons. The third-order valence-electron chi connectivity index (χ3n) is 3.47. The Balaban J connectivity index is 2.10. The van der Waals surface area contributed by atoms with Crippen molar-refractivity contribution >= 4 is 23.3 Å². The fourth-order valence-corrected chi connectivity index (χ4v) is 2.11. The van der Waals surface area contributed by atoms with Gasteiger partial charge in [0, 0.05) is 36.9 Å². The number of nitro benzene ring substituents is 1. The van der Waals surface area contributed by atoms with Gasteiger partial charge >= 0.3 is 0 Å². The number of nitrogens with one attached hydrogen (secondary N) is 1. The maximum absolute atomic E-state index is 12.7. The molecule has 1 heterocycles. The summed E-state index contributed by atoms with van der Waals surface area (Å²) in [6.45, 7) is 0.682. The molecule has 0 radical (unpaired) electrons. The number of aromatic nitrogens is 1. The molecule has 0 saturated carbocycles. The molecule has 1 N–H and O–H groups in total. The zero-order chi connectivity index (χ0) is 19.1. The second-order valence-corrected chi connectivity index (χ2v) is 5.77. The van der Waals surface area contributed by atoms with Crippen molar-refractivity contribution < 1.29 is 19.0 Å². The molecular formula is C16H19N5O5. The molecule has 0 aliphatic heterocycles. The van der Waals surface area contributed by atoms with E-state index in [4.69, 9.17) is 0 Å². The van der Waals surface area contributed by atoms with Gasteiger partial charge in [-0.05, 0) is 26.2 Å². The van der Waals surface area contributed by atoms with E-state index in [-0.39, 0.29) is 23.6 Å². The van der Waals surface area contributed by atoms with Crippen LogP contribution in [0.15, 0.2) is 41.1 Å². The van der Waals surface area contributed by atoms with Gasteiger partial charge in [-0.2, -0.15) is 0 Å². The van der Waals surface area contributed by atoms with Crippen LogP contribution in [0.3, 0.4) is 0 Å². The van der Waals surface area contributed by atoms with E-state index in [1.807, 2.05) is 19.0 Å². The summed E-state index contributed by atoms with van der Waals surface area (Å²) in [4.78, 5) is 38.3. The molecule has 0 saturated heterocycles. The van der Waals surface area contributed by atoms with E-state index in [0.717, 1.165) is 0 Å². The van der Waals surface area contributed by atoms with Crippen LogP contribution in [0.5, 0.6) is 0 Å². The van der Waals surface area contributed by atoms with Gasteiger partial charge in [0.05, 0.1) is 4.92 Å². The smallest absolute Gasteiger partial charge is 0.269 e. The molecule has 2 aromatic rings. The summed E-state index contributed by atoms with van der Waals surface area (Å²) in [7, 11) is 3.70. The maximum Gasteiger partial charge on any atom is 0.269 e. The minimum Gasteiger partial charge on any atom is -0.363 e. The van der Waals surface area contributed by atoms with Crippen molar-refractivity contribution in [2.24, 2.45) is 0 Å². The molecule has 2 rings (SSSR count). The first-order chi connectivity index (χ1) is 12.4. The van der Waals surface area contributed by atoms with Gasteiger partial charge in [0.2, 0.25) is 5.91 Å². The van der Waals surface area contributed by atoms with E-state index in [9.17, 15) is 19.7 Å². The third kappa shape index (κ3) is 5.38. The summed E-state index contributed by atoms with van der Waals surface area (Å²) in [5, 5.41) is 16.8. The van der Waals surface area contributed by atoms with Crippen LogP contribution >= 0.6 is 0 Å². The Labute approximate surface area is 149 Å². The lowest BCUT2D eigenvalue weighted by molar-refractivity contribution is -0.384. The van der Waals surface area contributed by atoms with Crippen LogP contribution in [0, 0.1) is 10.1 Å². The number of carbonyl (C=O) groups excluding carboxylic acids is 2. The minimum absolute atomic E-state index is 0.106. The van der Waals surface area contributed by atoms with Crippen molar-refractivity contribution in [1.29, 1.82) is 0 Å². The monoisotopic (exact) mass is 361 g/mol. The van der Waals surface area contributed by atoms with Gasteiger partial charge in [0.1, 0.15) is 12.8 Å². The Morgan fingerprint density at radius 1 is 1.19 bits per heavy atom. The SMILES string of the molecule is CN(C)CCN(CC(=O)Nc1ccon1)C(=O)c1ccc([N+](=O)[O-])cc1. The van der Waals surface area contributed by atoms with E-state index >= 15 is 0 Å². The maximum atomic E-state index is 12.7. The van der Waals surface area contributed by atoms with Gasteiger partial charge in [-0.3, -0.25) is 19.7 Å². The zero-order valence-electron chi connectivity index (χ0n) is 14.4. The van der Waals surface area contributed by atoms with Crippen LogP contribution in [0.1, 0.15) is 10.4 Å². The van der Waals surface area contributed by atoms with Crippen molar-refractivity contribution in [3.05, 3.63) is 52.3 Å². The first-order valence-electron chi connectivity index (χ1n) is 7.75. The Kier molecular flexibility index (Phi) is 6.39. The Morgan fingerprint density at radius 3 is 2.42 bits per heavy atom. The number of carbonyl (C=O) groups is 2. The van der Waals surface area contributed by atoms with Gasteiger partial charge in [0.25, 0.3) is 11.6 Å². The van der Waals surface area contributed by atoms with Crippen LogP contribution in [-0.2, 0) is 4.79 Å². The quantitative estimate of drug-likeness (QED) is 0.554. The first kappa shape index (κ1) is 19.1. The summed E-state index contributed by atoms with van der Waals surface area (Å²) in [6.07, 6.45) is 1.32. The average Bonchev–Trinajstić information content (AvgIpc) is 3.10. The molecule has 0 spiro atoms. The standard InChI is InChI=1S/C16H19N5O5/c1-19(2)8-9-20(11-15(22)17-14-7-10-26-18-14)16(23)12-3-5-13(6-4-12)21(24)25/h3-7,10H,8-9,11H2,1-2H3,(H,17,18,22). The van der Waals surface area contributed by atoms with Crippen LogP contribution in [0.2, 0.25) is 0 Å². The number of non-ortho nitro benzene ring substituents is 1. The van der Waals surface area contributed by atoms with Gasteiger partial charge in [-0.15, -0.1) is 0 Å². The molecule has 1 aromatic heterocycles. The molecule has 0 aliphatic carbocycles. The second kappa shape index (κ2) is 8.72. The van der Waals surface area contributed by atoms with Crippen LogP contribution in [-0.4, -0.2) is 65.4 Å². The lowest BCUT2D eigenvalue weighted by atomic mass is 10.1. The molecule has 0 unspecified atom stereocenters. The van der Waals surface area contributed by atoms with Gasteiger partial charge in [-0.25, -0.2) is 0 Å². The van der Waals surface area contributed by atoms with E-state index < -0.39 is 16.7 Å². The number of nitro groups is 1. The Hall–Kier alpha value is -3.27. The number of hydrogen-bond donors (Lipinski definition) is 1. The molecule has 0 fully saturated rings. The third-order valence-corrected chi connectivity index (χ3v) is 3.47. The molecule has 1 aromatic carbocycles. The lowest BCUT2D eigenvalue weighted by Crippen LogP contribution is -2.41. The summed E-state index contributed by atoms with van der Waals surface area (Å²) >= 11 is 0.